The van der Waals surface area contributed by atoms with Crippen LogP contribution in [0.25, 0.3) is 11.0 Å². The molecular weight excluding hydrogens is 246 g/mol. The van der Waals surface area contributed by atoms with Gasteiger partial charge < -0.3 is 14.8 Å². The Morgan fingerprint density at radius 2 is 2.22 bits per heavy atom. The zero-order chi connectivity index (χ0) is 12.8. The van der Waals surface area contributed by atoms with E-state index in [0.29, 0.717) is 0 Å². The number of aliphatic hydroxyl groups excluding tert-OH is 1. The molecule has 2 rings (SSSR count). The van der Waals surface area contributed by atoms with Crippen LogP contribution in [-0.4, -0.2) is 29.8 Å². The van der Waals surface area contributed by atoms with E-state index in [2.05, 4.69) is 24.4 Å². The van der Waals surface area contributed by atoms with Gasteiger partial charge in [0.2, 0.25) is 0 Å². The number of thioether (sulfide) groups is 1. The molecule has 18 heavy (non-hydrogen) atoms. The van der Waals surface area contributed by atoms with Crippen molar-refractivity contribution in [2.75, 3.05) is 24.7 Å². The highest BCUT2D eigenvalue weighted by molar-refractivity contribution is 7.99. The van der Waals surface area contributed by atoms with E-state index >= 15 is 0 Å². The number of rotatable bonds is 7. The fourth-order valence-electron chi connectivity index (χ4n) is 1.93. The van der Waals surface area contributed by atoms with Crippen LogP contribution in [-0.2, 0) is 0 Å². The van der Waals surface area contributed by atoms with Gasteiger partial charge in [-0.3, -0.25) is 0 Å². The number of para-hydroxylation sites is 1. The Balaban J connectivity index is 2.13. The van der Waals surface area contributed by atoms with Gasteiger partial charge in [-0.1, -0.05) is 25.1 Å². The smallest absolute Gasteiger partial charge is 0.134 e. The molecule has 0 aliphatic heterocycles. The maximum Gasteiger partial charge on any atom is 0.134 e. The molecular formula is C14H19NO2S. The van der Waals surface area contributed by atoms with Crippen molar-refractivity contribution in [2.45, 2.75) is 13.0 Å². The highest BCUT2D eigenvalue weighted by Crippen LogP contribution is 2.25. The van der Waals surface area contributed by atoms with Gasteiger partial charge in [0.1, 0.15) is 11.3 Å². The minimum Gasteiger partial charge on any atom is -0.459 e. The summed E-state index contributed by atoms with van der Waals surface area (Å²) in [6.45, 7) is 3.22. The lowest BCUT2D eigenvalue weighted by molar-refractivity contribution is 0.322. The van der Waals surface area contributed by atoms with Crippen LogP contribution in [0.15, 0.2) is 34.7 Å². The second kappa shape index (κ2) is 6.83. The van der Waals surface area contributed by atoms with E-state index in [1.54, 1.807) is 11.8 Å². The number of hydrogen-bond acceptors (Lipinski definition) is 4. The molecule has 98 valence electrons. The van der Waals surface area contributed by atoms with E-state index in [9.17, 15) is 0 Å². The molecule has 0 saturated carbocycles. The third-order valence-electron chi connectivity index (χ3n) is 2.76. The van der Waals surface area contributed by atoms with Crippen LogP contribution in [0.4, 0.5) is 0 Å². The highest BCUT2D eigenvalue weighted by Gasteiger charge is 2.15. The molecule has 2 N–H and O–H groups in total. The topological polar surface area (TPSA) is 45.4 Å². The van der Waals surface area contributed by atoms with E-state index in [1.807, 2.05) is 18.2 Å². The monoisotopic (exact) mass is 265 g/mol. The molecule has 0 aliphatic carbocycles. The summed E-state index contributed by atoms with van der Waals surface area (Å²) in [5.41, 5.74) is 0.933. The van der Waals surface area contributed by atoms with Crippen LogP contribution in [0.2, 0.25) is 0 Å². The molecule has 0 saturated heterocycles. The van der Waals surface area contributed by atoms with Crippen LogP contribution >= 0.6 is 11.8 Å². The minimum atomic E-state index is 0.207. The highest BCUT2D eigenvalue weighted by atomic mass is 32.2. The van der Waals surface area contributed by atoms with Crippen molar-refractivity contribution in [3.05, 3.63) is 36.1 Å². The van der Waals surface area contributed by atoms with Crippen molar-refractivity contribution >= 4 is 22.7 Å². The van der Waals surface area contributed by atoms with E-state index in [1.165, 1.54) is 0 Å². The van der Waals surface area contributed by atoms with Gasteiger partial charge in [0.25, 0.3) is 0 Å². The van der Waals surface area contributed by atoms with Crippen molar-refractivity contribution in [2.24, 2.45) is 0 Å². The van der Waals surface area contributed by atoms with Gasteiger partial charge in [-0.25, -0.2) is 0 Å². The first-order chi connectivity index (χ1) is 8.85. The summed E-state index contributed by atoms with van der Waals surface area (Å²) in [6.07, 6.45) is 0. The molecule has 2 aromatic rings. The predicted octanol–water partition coefficient (Wildman–Crippen LogP) is 2.81. The van der Waals surface area contributed by atoms with Crippen LogP contribution in [0.1, 0.15) is 18.7 Å². The largest absolute Gasteiger partial charge is 0.459 e. The van der Waals surface area contributed by atoms with Gasteiger partial charge in [0, 0.05) is 16.9 Å². The lowest BCUT2D eigenvalue weighted by atomic mass is 10.2. The standard InChI is InChI=1S/C14H19NO2S/c1-2-15-12(10-18-8-7-16)14-9-11-5-3-4-6-13(11)17-14/h3-6,9,12,15-16H,2,7-8,10H2,1H3. The first kappa shape index (κ1) is 13.5. The Kier molecular flexibility index (Phi) is 5.11. The molecule has 1 aromatic carbocycles. The summed E-state index contributed by atoms with van der Waals surface area (Å²) < 4.78 is 5.88. The van der Waals surface area contributed by atoms with Crippen molar-refractivity contribution in [3.8, 4) is 0 Å². The molecule has 0 bridgehead atoms. The summed E-state index contributed by atoms with van der Waals surface area (Å²) >= 11 is 1.73. The molecule has 1 atom stereocenters. The lowest BCUT2D eigenvalue weighted by Crippen LogP contribution is -2.22. The van der Waals surface area contributed by atoms with Crippen LogP contribution in [0.3, 0.4) is 0 Å². The van der Waals surface area contributed by atoms with Crippen LogP contribution in [0, 0.1) is 0 Å². The second-order valence-corrected chi connectivity index (χ2v) is 5.25. The fraction of sp³-hybridized carbons (Fsp3) is 0.429. The van der Waals surface area contributed by atoms with Gasteiger partial charge in [0.05, 0.1) is 12.6 Å². The van der Waals surface area contributed by atoms with Gasteiger partial charge in [-0.2, -0.15) is 11.8 Å². The number of furan rings is 1. The Morgan fingerprint density at radius 3 is 2.94 bits per heavy atom. The maximum atomic E-state index is 8.83. The van der Waals surface area contributed by atoms with Crippen molar-refractivity contribution in [3.63, 3.8) is 0 Å². The zero-order valence-electron chi connectivity index (χ0n) is 10.6. The molecule has 0 amide bonds. The summed E-state index contributed by atoms with van der Waals surface area (Å²) in [5, 5.41) is 13.4. The van der Waals surface area contributed by atoms with Crippen LogP contribution in [0.5, 0.6) is 0 Å². The Hall–Kier alpha value is -0.970. The predicted molar refractivity (Wildman–Crippen MR) is 77.0 cm³/mol. The number of nitrogens with one attached hydrogen (secondary N) is 1. The summed E-state index contributed by atoms with van der Waals surface area (Å²) in [7, 11) is 0. The first-order valence-corrected chi connectivity index (χ1v) is 7.41. The van der Waals surface area contributed by atoms with Crippen molar-refractivity contribution in [1.29, 1.82) is 0 Å². The Labute approximate surface area is 112 Å². The van der Waals surface area contributed by atoms with E-state index in [-0.39, 0.29) is 12.6 Å². The zero-order valence-corrected chi connectivity index (χ0v) is 11.4. The fourth-order valence-corrected chi connectivity index (χ4v) is 2.74. The third kappa shape index (κ3) is 3.28. The number of benzene rings is 1. The number of fused-ring (bicyclic) bond motifs is 1. The number of hydrogen-bond donors (Lipinski definition) is 2. The SMILES string of the molecule is CCNC(CSCCO)c1cc2ccccc2o1. The molecule has 0 radical (unpaired) electrons. The van der Waals surface area contributed by atoms with Crippen LogP contribution < -0.4 is 5.32 Å². The average Bonchev–Trinajstić information content (AvgIpc) is 2.81. The normalized spacial score (nSPS) is 13.0. The Morgan fingerprint density at radius 1 is 1.39 bits per heavy atom. The lowest BCUT2D eigenvalue weighted by Gasteiger charge is -2.14. The summed E-state index contributed by atoms with van der Waals surface area (Å²) in [6, 6.07) is 10.4. The third-order valence-corrected chi connectivity index (χ3v) is 3.80. The minimum absolute atomic E-state index is 0.207. The van der Waals surface area contributed by atoms with Gasteiger partial charge in [0.15, 0.2) is 0 Å². The van der Waals surface area contributed by atoms with E-state index in [4.69, 9.17) is 9.52 Å². The summed E-state index contributed by atoms with van der Waals surface area (Å²) in [4.78, 5) is 0. The molecule has 1 heterocycles. The Bertz CT molecular complexity index is 450. The molecule has 4 heteroatoms. The molecule has 1 unspecified atom stereocenters. The second-order valence-electron chi connectivity index (χ2n) is 4.10. The summed E-state index contributed by atoms with van der Waals surface area (Å²) in [5.74, 6) is 2.65. The molecule has 0 aliphatic rings. The number of aliphatic hydroxyl groups is 1. The van der Waals surface area contributed by atoms with Gasteiger partial charge in [-0.15, -0.1) is 0 Å². The first-order valence-electron chi connectivity index (χ1n) is 6.25. The maximum absolute atomic E-state index is 8.83. The molecule has 1 aromatic heterocycles. The molecule has 0 fully saturated rings. The van der Waals surface area contributed by atoms with Gasteiger partial charge >= 0.3 is 0 Å². The average molecular weight is 265 g/mol. The quantitative estimate of drug-likeness (QED) is 0.756. The molecule has 3 nitrogen and oxygen atoms in total. The van der Waals surface area contributed by atoms with Crippen molar-refractivity contribution in [1.82, 2.24) is 5.32 Å². The van der Waals surface area contributed by atoms with E-state index < -0.39 is 0 Å². The van der Waals surface area contributed by atoms with Crippen molar-refractivity contribution < 1.29 is 9.52 Å². The molecule has 0 spiro atoms. The van der Waals surface area contributed by atoms with Gasteiger partial charge in [-0.05, 0) is 18.7 Å². The van der Waals surface area contributed by atoms with E-state index in [0.717, 1.165) is 34.8 Å².